The van der Waals surface area contributed by atoms with Gasteiger partial charge in [0.25, 0.3) is 0 Å². The van der Waals surface area contributed by atoms with E-state index in [2.05, 4.69) is 9.97 Å². The molecule has 2 aromatic heterocycles. The van der Waals surface area contributed by atoms with Gasteiger partial charge in [-0.1, -0.05) is 32.9 Å². The van der Waals surface area contributed by atoms with E-state index in [4.69, 9.17) is 11.6 Å². The predicted molar refractivity (Wildman–Crippen MR) is 63.9 cm³/mol. The molecule has 0 radical (unpaired) electrons. The summed E-state index contributed by atoms with van der Waals surface area (Å²) >= 11 is 5.84. The Balaban J connectivity index is 0.000000531. The van der Waals surface area contributed by atoms with Gasteiger partial charge in [0.2, 0.25) is 0 Å². The molecule has 2 heterocycles. The van der Waals surface area contributed by atoms with Crippen LogP contribution in [0.5, 0.6) is 0 Å². The van der Waals surface area contributed by atoms with E-state index in [-0.39, 0.29) is 7.43 Å². The summed E-state index contributed by atoms with van der Waals surface area (Å²) in [6.07, 6.45) is 3.63. The van der Waals surface area contributed by atoms with Crippen LogP contribution in [0.25, 0.3) is 10.9 Å². The molecule has 0 atom stereocenters. The Morgan fingerprint density at radius 1 is 1.36 bits per heavy atom. The van der Waals surface area contributed by atoms with Crippen LogP contribution in [0.15, 0.2) is 18.5 Å². The molecule has 0 bridgehead atoms. The minimum atomic E-state index is 0. The van der Waals surface area contributed by atoms with Crippen molar-refractivity contribution in [2.45, 2.75) is 28.2 Å². The average Bonchev–Trinajstić information content (AvgIpc) is 2.64. The number of aryl methyl sites for hydroxylation is 1. The molecule has 2 aromatic rings. The van der Waals surface area contributed by atoms with Crippen molar-refractivity contribution < 1.29 is 0 Å². The second-order valence-corrected chi connectivity index (χ2v) is 2.86. The zero-order valence-electron chi connectivity index (χ0n) is 8.06. The molecule has 3 heteroatoms. The van der Waals surface area contributed by atoms with Gasteiger partial charge in [-0.2, -0.15) is 0 Å². The van der Waals surface area contributed by atoms with Crippen molar-refractivity contribution in [1.82, 2.24) is 9.97 Å². The third-order valence-electron chi connectivity index (χ3n) is 1.74. The smallest absolute Gasteiger partial charge is 0.138 e. The fourth-order valence-corrected chi connectivity index (χ4v) is 1.36. The zero-order chi connectivity index (χ0) is 9.84. The number of nitrogens with one attached hydrogen (secondary N) is 1. The van der Waals surface area contributed by atoms with Crippen molar-refractivity contribution in [2.24, 2.45) is 0 Å². The molecule has 0 fully saturated rings. The fourth-order valence-electron chi connectivity index (χ4n) is 1.16. The first-order chi connectivity index (χ1) is 6.29. The van der Waals surface area contributed by atoms with Gasteiger partial charge in [0.1, 0.15) is 5.15 Å². The van der Waals surface area contributed by atoms with Crippen molar-refractivity contribution in [3.63, 3.8) is 0 Å². The summed E-state index contributed by atoms with van der Waals surface area (Å²) in [5.41, 5.74) is 2.19. The summed E-state index contributed by atoms with van der Waals surface area (Å²) < 4.78 is 0. The average molecular weight is 213 g/mol. The van der Waals surface area contributed by atoms with Gasteiger partial charge in [-0.15, -0.1) is 0 Å². The Morgan fingerprint density at radius 2 is 2.00 bits per heavy atom. The number of H-pyrrole nitrogens is 1. The SMILES string of the molecule is C.CC.Cc1cnc(Cl)c2cc[nH]c12. The molecule has 0 amide bonds. The summed E-state index contributed by atoms with van der Waals surface area (Å²) in [5.74, 6) is 0. The molecular formula is C11H17ClN2. The van der Waals surface area contributed by atoms with Crippen LogP contribution in [0.4, 0.5) is 0 Å². The van der Waals surface area contributed by atoms with E-state index in [1.807, 2.05) is 33.0 Å². The van der Waals surface area contributed by atoms with Gasteiger partial charge >= 0.3 is 0 Å². The van der Waals surface area contributed by atoms with Crippen molar-refractivity contribution in [3.05, 3.63) is 29.2 Å². The second-order valence-electron chi connectivity index (χ2n) is 2.50. The first-order valence-electron chi connectivity index (χ1n) is 4.37. The maximum Gasteiger partial charge on any atom is 0.138 e. The highest BCUT2D eigenvalue weighted by atomic mass is 35.5. The van der Waals surface area contributed by atoms with Gasteiger partial charge in [-0.3, -0.25) is 0 Å². The first-order valence-corrected chi connectivity index (χ1v) is 4.75. The summed E-state index contributed by atoms with van der Waals surface area (Å²) in [7, 11) is 0. The van der Waals surface area contributed by atoms with E-state index in [1.165, 1.54) is 0 Å². The second kappa shape index (κ2) is 5.66. The fraction of sp³-hybridized carbons (Fsp3) is 0.364. The van der Waals surface area contributed by atoms with E-state index in [9.17, 15) is 0 Å². The van der Waals surface area contributed by atoms with E-state index < -0.39 is 0 Å². The van der Waals surface area contributed by atoms with Crippen LogP contribution < -0.4 is 0 Å². The molecule has 0 spiro atoms. The molecule has 0 aliphatic heterocycles. The largest absolute Gasteiger partial charge is 0.361 e. The van der Waals surface area contributed by atoms with Crippen molar-refractivity contribution in [1.29, 1.82) is 0 Å². The number of aromatic amines is 1. The highest BCUT2D eigenvalue weighted by Gasteiger charge is 2.01. The summed E-state index contributed by atoms with van der Waals surface area (Å²) in [5, 5.41) is 1.55. The highest BCUT2D eigenvalue weighted by Crippen LogP contribution is 2.21. The zero-order valence-corrected chi connectivity index (χ0v) is 8.81. The standard InChI is InChI=1S/C8H7ClN2.C2H6.CH4/c1-5-4-11-8(9)6-2-3-10-7(5)6;1-2;/h2-4,10H,1H3;1-2H3;1H4. The Kier molecular flexibility index (Phi) is 5.24. The minimum Gasteiger partial charge on any atom is -0.361 e. The van der Waals surface area contributed by atoms with Crippen molar-refractivity contribution in [2.75, 3.05) is 0 Å². The van der Waals surface area contributed by atoms with E-state index in [0.717, 1.165) is 16.5 Å². The number of rotatable bonds is 0. The summed E-state index contributed by atoms with van der Waals surface area (Å²) in [6, 6.07) is 1.93. The summed E-state index contributed by atoms with van der Waals surface area (Å²) in [4.78, 5) is 7.13. The van der Waals surface area contributed by atoms with Crippen LogP contribution in [-0.4, -0.2) is 9.97 Å². The van der Waals surface area contributed by atoms with Crippen molar-refractivity contribution in [3.8, 4) is 0 Å². The molecule has 1 N–H and O–H groups in total. The molecule has 0 aromatic carbocycles. The topological polar surface area (TPSA) is 28.7 Å². The number of aromatic nitrogens is 2. The molecule has 0 saturated heterocycles. The Labute approximate surface area is 90.3 Å². The number of hydrogen-bond acceptors (Lipinski definition) is 1. The maximum absolute atomic E-state index is 5.84. The Morgan fingerprint density at radius 3 is 2.57 bits per heavy atom. The molecule has 0 aliphatic rings. The lowest BCUT2D eigenvalue weighted by molar-refractivity contribution is 1.29. The Hall–Kier alpha value is -1.02. The molecule has 0 unspecified atom stereocenters. The van der Waals surface area contributed by atoms with Crippen LogP contribution >= 0.6 is 11.6 Å². The lowest BCUT2D eigenvalue weighted by Crippen LogP contribution is -1.80. The predicted octanol–water partition coefficient (Wildman–Crippen LogP) is 4.19. The molecule has 0 aliphatic carbocycles. The van der Waals surface area contributed by atoms with Gasteiger partial charge in [-0.25, -0.2) is 4.98 Å². The number of nitrogens with zero attached hydrogens (tertiary/aromatic N) is 1. The van der Waals surface area contributed by atoms with Crippen LogP contribution in [0.1, 0.15) is 26.8 Å². The van der Waals surface area contributed by atoms with E-state index >= 15 is 0 Å². The minimum absolute atomic E-state index is 0. The monoisotopic (exact) mass is 212 g/mol. The third-order valence-corrected chi connectivity index (χ3v) is 2.04. The Bertz CT molecular complexity index is 357. The number of halogens is 1. The van der Waals surface area contributed by atoms with Gasteiger partial charge in [0.15, 0.2) is 0 Å². The molecule has 0 saturated carbocycles. The molecule has 14 heavy (non-hydrogen) atoms. The molecule has 78 valence electrons. The van der Waals surface area contributed by atoms with Gasteiger partial charge in [-0.05, 0) is 18.6 Å². The molecule has 2 rings (SSSR count). The lowest BCUT2D eigenvalue weighted by Gasteiger charge is -1.95. The first kappa shape index (κ1) is 13.0. The number of hydrogen-bond donors (Lipinski definition) is 1. The third kappa shape index (κ3) is 2.26. The number of pyridine rings is 1. The van der Waals surface area contributed by atoms with Crippen LogP contribution in [0.2, 0.25) is 5.15 Å². The molecular weight excluding hydrogens is 196 g/mol. The number of fused-ring (bicyclic) bond motifs is 1. The van der Waals surface area contributed by atoms with Gasteiger partial charge in [0, 0.05) is 17.8 Å². The van der Waals surface area contributed by atoms with Crippen molar-refractivity contribution >= 4 is 22.5 Å². The van der Waals surface area contributed by atoms with Gasteiger partial charge < -0.3 is 4.98 Å². The highest BCUT2D eigenvalue weighted by molar-refractivity contribution is 6.34. The van der Waals surface area contributed by atoms with Crippen LogP contribution in [-0.2, 0) is 0 Å². The summed E-state index contributed by atoms with van der Waals surface area (Å²) in [6.45, 7) is 6.00. The quantitative estimate of drug-likeness (QED) is 0.652. The normalized spacial score (nSPS) is 8.86. The van der Waals surface area contributed by atoms with E-state index in [1.54, 1.807) is 6.20 Å². The lowest BCUT2D eigenvalue weighted by atomic mass is 10.2. The molecule has 2 nitrogen and oxygen atoms in total. The van der Waals surface area contributed by atoms with E-state index in [0.29, 0.717) is 5.15 Å². The maximum atomic E-state index is 5.84. The van der Waals surface area contributed by atoms with Crippen LogP contribution in [0, 0.1) is 6.92 Å². The van der Waals surface area contributed by atoms with Crippen LogP contribution in [0.3, 0.4) is 0 Å². The van der Waals surface area contributed by atoms with Gasteiger partial charge in [0.05, 0.1) is 5.52 Å².